The molecular weight excluding hydrogens is 464 g/mol. The number of carbonyl (C=O) groups is 2. The highest BCUT2D eigenvalue weighted by atomic mass is 16.6. The molecular formula is C30H34N4O3. The van der Waals surface area contributed by atoms with Crippen LogP contribution in [-0.2, 0) is 24.3 Å². The molecule has 3 aromatic carbocycles. The van der Waals surface area contributed by atoms with Crippen molar-refractivity contribution < 1.29 is 14.3 Å². The van der Waals surface area contributed by atoms with Crippen molar-refractivity contribution in [3.8, 4) is 0 Å². The van der Waals surface area contributed by atoms with Crippen molar-refractivity contribution in [3.05, 3.63) is 94.5 Å². The summed E-state index contributed by atoms with van der Waals surface area (Å²) >= 11 is 0. The SMILES string of the molecule is CC(C)NC1C[C@@H]1c1ccc(COC(=O)N2CCc3cc(C(=O)Nc4ccccc4N)ccc3C2)cc1. The highest BCUT2D eigenvalue weighted by molar-refractivity contribution is 6.05. The number of hydrogen-bond acceptors (Lipinski definition) is 5. The van der Waals surface area contributed by atoms with Gasteiger partial charge in [-0.05, 0) is 59.4 Å². The molecule has 5 rings (SSSR count). The molecule has 0 saturated heterocycles. The zero-order valence-corrected chi connectivity index (χ0v) is 21.4. The van der Waals surface area contributed by atoms with Crippen molar-refractivity contribution in [1.29, 1.82) is 0 Å². The Morgan fingerprint density at radius 2 is 1.84 bits per heavy atom. The summed E-state index contributed by atoms with van der Waals surface area (Å²) in [7, 11) is 0. The van der Waals surface area contributed by atoms with Crippen LogP contribution in [0.25, 0.3) is 0 Å². The second kappa shape index (κ2) is 10.6. The number of carbonyl (C=O) groups excluding carboxylic acids is 2. The number of anilines is 2. The maximum Gasteiger partial charge on any atom is 0.410 e. The van der Waals surface area contributed by atoms with Crippen LogP contribution in [0.5, 0.6) is 0 Å². The molecule has 192 valence electrons. The first-order valence-corrected chi connectivity index (χ1v) is 12.9. The lowest BCUT2D eigenvalue weighted by atomic mass is 9.97. The Labute approximate surface area is 218 Å². The minimum atomic E-state index is -0.320. The van der Waals surface area contributed by atoms with Crippen molar-refractivity contribution in [1.82, 2.24) is 10.2 Å². The predicted molar refractivity (Wildman–Crippen MR) is 145 cm³/mol. The van der Waals surface area contributed by atoms with Crippen LogP contribution in [0.1, 0.15) is 58.8 Å². The van der Waals surface area contributed by atoms with Gasteiger partial charge in [-0.25, -0.2) is 4.79 Å². The van der Waals surface area contributed by atoms with Gasteiger partial charge in [0, 0.05) is 36.7 Å². The number of rotatable bonds is 7. The van der Waals surface area contributed by atoms with Crippen LogP contribution < -0.4 is 16.4 Å². The first kappa shape index (κ1) is 24.8. The van der Waals surface area contributed by atoms with E-state index in [4.69, 9.17) is 10.5 Å². The smallest absolute Gasteiger partial charge is 0.410 e. The molecule has 1 aliphatic heterocycles. The zero-order valence-electron chi connectivity index (χ0n) is 21.4. The minimum Gasteiger partial charge on any atom is -0.445 e. The van der Waals surface area contributed by atoms with Crippen LogP contribution in [-0.4, -0.2) is 35.5 Å². The van der Waals surface area contributed by atoms with Crippen molar-refractivity contribution >= 4 is 23.4 Å². The average molecular weight is 499 g/mol. The number of hydrogen-bond donors (Lipinski definition) is 3. The number of amides is 2. The Hall–Kier alpha value is -3.84. The first-order valence-electron chi connectivity index (χ1n) is 12.9. The maximum absolute atomic E-state index is 12.7. The van der Waals surface area contributed by atoms with Crippen LogP contribution in [0.15, 0.2) is 66.7 Å². The minimum absolute atomic E-state index is 0.207. The first-order chi connectivity index (χ1) is 17.9. The summed E-state index contributed by atoms with van der Waals surface area (Å²) in [5.74, 6) is 0.373. The summed E-state index contributed by atoms with van der Waals surface area (Å²) < 4.78 is 5.61. The van der Waals surface area contributed by atoms with Crippen LogP contribution in [0.3, 0.4) is 0 Å². The Balaban J connectivity index is 1.13. The van der Waals surface area contributed by atoms with Gasteiger partial charge in [0.2, 0.25) is 0 Å². The van der Waals surface area contributed by atoms with Gasteiger partial charge in [0.25, 0.3) is 5.91 Å². The number of nitrogens with zero attached hydrogens (tertiary/aromatic N) is 1. The molecule has 0 bridgehead atoms. The fourth-order valence-corrected chi connectivity index (χ4v) is 4.93. The molecule has 0 spiro atoms. The summed E-state index contributed by atoms with van der Waals surface area (Å²) in [6, 6.07) is 22.2. The third-order valence-electron chi connectivity index (χ3n) is 7.06. The van der Waals surface area contributed by atoms with Crippen LogP contribution >= 0.6 is 0 Å². The molecule has 2 amide bonds. The standard InChI is InChI=1S/C30H34N4O3/c1-19(2)32-28-16-25(28)21-9-7-20(8-10-21)18-37-30(36)34-14-13-22-15-23(11-12-24(22)17-34)29(35)33-27-6-4-3-5-26(27)31/h3-12,15,19,25,28,32H,13-14,16-18,31H2,1-2H3,(H,33,35)/t25-,28?/m1/s1. The second-order valence-corrected chi connectivity index (χ2v) is 10.3. The summed E-state index contributed by atoms with van der Waals surface area (Å²) in [5, 5.41) is 6.45. The quantitative estimate of drug-likeness (QED) is 0.395. The number of nitrogens with one attached hydrogen (secondary N) is 2. The van der Waals surface area contributed by atoms with Gasteiger partial charge in [0.15, 0.2) is 0 Å². The van der Waals surface area contributed by atoms with Gasteiger partial charge in [-0.15, -0.1) is 0 Å². The average Bonchev–Trinajstić information content (AvgIpc) is 3.66. The van der Waals surface area contributed by atoms with Gasteiger partial charge in [-0.1, -0.05) is 56.3 Å². The molecule has 1 fully saturated rings. The highest BCUT2D eigenvalue weighted by Gasteiger charge is 2.38. The predicted octanol–water partition coefficient (Wildman–Crippen LogP) is 5.07. The molecule has 4 N–H and O–H groups in total. The molecule has 2 aliphatic rings. The van der Waals surface area contributed by atoms with Crippen molar-refractivity contribution in [3.63, 3.8) is 0 Å². The van der Waals surface area contributed by atoms with Gasteiger partial charge in [-0.2, -0.15) is 0 Å². The molecule has 1 heterocycles. The molecule has 1 aliphatic carbocycles. The maximum atomic E-state index is 12.7. The van der Waals surface area contributed by atoms with Crippen LogP contribution in [0.4, 0.5) is 16.2 Å². The van der Waals surface area contributed by atoms with E-state index in [2.05, 4.69) is 48.7 Å². The molecule has 3 aromatic rings. The number of nitrogens with two attached hydrogens (primary N) is 1. The molecule has 7 heteroatoms. The lowest BCUT2D eigenvalue weighted by molar-refractivity contribution is 0.0917. The summed E-state index contributed by atoms with van der Waals surface area (Å²) in [5.41, 5.74) is 12.0. The van der Waals surface area contributed by atoms with E-state index in [1.165, 1.54) is 12.0 Å². The lowest BCUT2D eigenvalue weighted by Gasteiger charge is -2.28. The number of benzene rings is 3. The highest BCUT2D eigenvalue weighted by Crippen LogP contribution is 2.41. The van der Waals surface area contributed by atoms with E-state index >= 15 is 0 Å². The van der Waals surface area contributed by atoms with Crippen molar-refractivity contribution in [2.24, 2.45) is 0 Å². The summed E-state index contributed by atoms with van der Waals surface area (Å²) in [6.07, 6.45) is 1.52. The molecule has 7 nitrogen and oxygen atoms in total. The van der Waals surface area contributed by atoms with E-state index in [1.807, 2.05) is 24.3 Å². The lowest BCUT2D eigenvalue weighted by Crippen LogP contribution is -2.36. The van der Waals surface area contributed by atoms with Crippen molar-refractivity contribution in [2.45, 2.75) is 57.8 Å². The Kier molecular flexibility index (Phi) is 7.15. The fraction of sp³-hybridized carbons (Fsp3) is 0.333. The van der Waals surface area contributed by atoms with Gasteiger partial charge in [-0.3, -0.25) is 4.79 Å². The van der Waals surface area contributed by atoms with Crippen LogP contribution in [0, 0.1) is 0 Å². The van der Waals surface area contributed by atoms with Gasteiger partial charge >= 0.3 is 6.09 Å². The van der Waals surface area contributed by atoms with Gasteiger partial charge in [0.05, 0.1) is 11.4 Å². The van der Waals surface area contributed by atoms with Crippen molar-refractivity contribution in [2.75, 3.05) is 17.6 Å². The number of ether oxygens (including phenoxy) is 1. The van der Waals surface area contributed by atoms with Gasteiger partial charge < -0.3 is 26.0 Å². The van der Waals surface area contributed by atoms with E-state index in [1.54, 1.807) is 23.1 Å². The fourth-order valence-electron chi connectivity index (χ4n) is 4.93. The monoisotopic (exact) mass is 498 g/mol. The largest absolute Gasteiger partial charge is 0.445 e. The van der Waals surface area contributed by atoms with E-state index in [0.717, 1.165) is 16.7 Å². The second-order valence-electron chi connectivity index (χ2n) is 10.3. The Morgan fingerprint density at radius 3 is 2.59 bits per heavy atom. The molecule has 2 atom stereocenters. The van der Waals surface area contributed by atoms with E-state index in [9.17, 15) is 9.59 Å². The number of nitrogen functional groups attached to an aromatic ring is 1. The Bertz CT molecular complexity index is 1290. The van der Waals surface area contributed by atoms with E-state index < -0.39 is 0 Å². The Morgan fingerprint density at radius 1 is 1.05 bits per heavy atom. The zero-order chi connectivity index (χ0) is 25.9. The molecule has 0 aromatic heterocycles. The van der Waals surface area contributed by atoms with E-state index in [0.29, 0.717) is 54.5 Å². The summed E-state index contributed by atoms with van der Waals surface area (Å²) in [6.45, 7) is 5.61. The van der Waals surface area contributed by atoms with Crippen LogP contribution in [0.2, 0.25) is 0 Å². The normalized spacial score (nSPS) is 18.3. The third kappa shape index (κ3) is 5.94. The molecule has 37 heavy (non-hydrogen) atoms. The molecule has 0 radical (unpaired) electrons. The van der Waals surface area contributed by atoms with E-state index in [-0.39, 0.29) is 18.6 Å². The number of para-hydroxylation sites is 2. The van der Waals surface area contributed by atoms with Gasteiger partial charge in [0.1, 0.15) is 6.61 Å². The molecule has 1 saturated carbocycles. The summed E-state index contributed by atoms with van der Waals surface area (Å²) in [4.78, 5) is 27.2. The topological polar surface area (TPSA) is 96.7 Å². The number of fused-ring (bicyclic) bond motifs is 1. The molecule has 1 unspecified atom stereocenters. The third-order valence-corrected chi connectivity index (χ3v) is 7.06.